The average molecular weight is 497 g/mol. The number of nitrogens with two attached hydrogens (primary N) is 1. The number of thiophene rings is 1. The van der Waals surface area contributed by atoms with Gasteiger partial charge in [0.25, 0.3) is 5.91 Å². The molecule has 0 atom stereocenters. The van der Waals surface area contributed by atoms with E-state index in [-0.39, 0.29) is 17.6 Å². The highest BCUT2D eigenvalue weighted by atomic mass is 32.1. The molecule has 1 aromatic carbocycles. The molecule has 2 rings (SSSR count). The van der Waals surface area contributed by atoms with E-state index in [9.17, 15) is 9.59 Å². The lowest BCUT2D eigenvalue weighted by atomic mass is 10.1. The molecule has 0 bridgehead atoms. The molecule has 0 saturated carbocycles. The lowest BCUT2D eigenvalue weighted by Gasteiger charge is -2.25. The first-order valence-electron chi connectivity index (χ1n) is 11.5. The SMILES string of the molecule is C=C/C(=C\N=C(/C)C(=O)Nc1cscc1N)CN(CCN(C)C)C(=O)NCCCc1ccccc1. The standard InChI is InChI=1S/C26H36N6O2S/c1-5-21(16-29-20(2)25(33)30-24-19-35-18-23(24)27)17-32(15-14-31(3)4)26(34)28-13-9-12-22-10-7-6-8-11-22/h5-8,10-11,16,18-19H,1,9,12-15,17,27H2,2-4H3,(H,28,34)(H,30,33)/b21-16+,29-20+. The van der Waals surface area contributed by atoms with Gasteiger partial charge in [0.2, 0.25) is 0 Å². The van der Waals surface area contributed by atoms with Crippen molar-refractivity contribution in [2.24, 2.45) is 4.99 Å². The van der Waals surface area contributed by atoms with Crippen molar-refractivity contribution in [2.75, 3.05) is 51.3 Å². The van der Waals surface area contributed by atoms with Crippen molar-refractivity contribution in [2.45, 2.75) is 19.8 Å². The van der Waals surface area contributed by atoms with Crippen LogP contribution < -0.4 is 16.4 Å². The fourth-order valence-corrected chi connectivity index (χ4v) is 3.73. The van der Waals surface area contributed by atoms with Crippen LogP contribution in [0, 0.1) is 0 Å². The van der Waals surface area contributed by atoms with Crippen molar-refractivity contribution in [3.05, 3.63) is 71.1 Å². The van der Waals surface area contributed by atoms with Crippen LogP contribution >= 0.6 is 11.3 Å². The predicted molar refractivity (Wildman–Crippen MR) is 147 cm³/mol. The minimum Gasteiger partial charge on any atom is -0.396 e. The average Bonchev–Trinajstić information content (AvgIpc) is 3.25. The maximum atomic E-state index is 12.9. The summed E-state index contributed by atoms with van der Waals surface area (Å²) in [5.74, 6) is -0.338. The third-order valence-electron chi connectivity index (χ3n) is 5.19. The molecule has 0 fully saturated rings. The van der Waals surface area contributed by atoms with Gasteiger partial charge in [0, 0.05) is 43.1 Å². The highest BCUT2D eigenvalue weighted by Crippen LogP contribution is 2.22. The molecule has 0 unspecified atom stereocenters. The van der Waals surface area contributed by atoms with Crippen molar-refractivity contribution in [3.8, 4) is 0 Å². The third kappa shape index (κ3) is 10.2. The smallest absolute Gasteiger partial charge is 0.317 e. The Labute approximate surface area is 212 Å². The number of likely N-dealkylation sites (N-methyl/N-ethyl adjacent to an activating group) is 1. The summed E-state index contributed by atoms with van der Waals surface area (Å²) in [4.78, 5) is 33.3. The molecule has 1 aromatic heterocycles. The van der Waals surface area contributed by atoms with Crippen LogP contribution in [0.5, 0.6) is 0 Å². The van der Waals surface area contributed by atoms with E-state index in [2.05, 4.69) is 34.3 Å². The molecule has 2 aromatic rings. The van der Waals surface area contributed by atoms with Gasteiger partial charge in [-0.25, -0.2) is 4.79 Å². The number of urea groups is 1. The summed E-state index contributed by atoms with van der Waals surface area (Å²) >= 11 is 1.41. The van der Waals surface area contributed by atoms with Crippen molar-refractivity contribution in [3.63, 3.8) is 0 Å². The number of nitrogen functional groups attached to an aromatic ring is 1. The van der Waals surface area contributed by atoms with E-state index >= 15 is 0 Å². The summed E-state index contributed by atoms with van der Waals surface area (Å²) in [6.07, 6.45) is 4.99. The number of carbonyl (C=O) groups excluding carboxylic acids is 2. The van der Waals surface area contributed by atoms with Crippen molar-refractivity contribution in [1.82, 2.24) is 15.1 Å². The van der Waals surface area contributed by atoms with Crippen LogP contribution in [0.15, 0.2) is 70.5 Å². The minimum atomic E-state index is -0.338. The Bertz CT molecular complexity index is 1030. The first-order valence-corrected chi connectivity index (χ1v) is 12.4. The molecule has 0 spiro atoms. The Kier molecular flexibility index (Phi) is 11.7. The summed E-state index contributed by atoms with van der Waals surface area (Å²) < 4.78 is 0. The maximum absolute atomic E-state index is 12.9. The topological polar surface area (TPSA) is 103 Å². The lowest BCUT2D eigenvalue weighted by molar-refractivity contribution is -0.110. The molecule has 0 aliphatic carbocycles. The van der Waals surface area contributed by atoms with Gasteiger partial charge in [-0.3, -0.25) is 9.79 Å². The quantitative estimate of drug-likeness (QED) is 0.221. The molecular weight excluding hydrogens is 460 g/mol. The summed E-state index contributed by atoms with van der Waals surface area (Å²) in [5, 5.41) is 9.29. The first-order chi connectivity index (χ1) is 16.8. The minimum absolute atomic E-state index is 0.140. The Morgan fingerprint density at radius 2 is 1.91 bits per heavy atom. The van der Waals surface area contributed by atoms with Gasteiger partial charge in [-0.2, -0.15) is 0 Å². The Balaban J connectivity index is 1.97. The fraction of sp³-hybridized carbons (Fsp3) is 0.346. The van der Waals surface area contributed by atoms with Crippen LogP contribution in [0.3, 0.4) is 0 Å². The Hall–Kier alpha value is -3.43. The predicted octanol–water partition coefficient (Wildman–Crippen LogP) is 4.01. The van der Waals surface area contributed by atoms with E-state index in [0.29, 0.717) is 37.6 Å². The van der Waals surface area contributed by atoms with Gasteiger partial charge in [0.15, 0.2) is 0 Å². The normalized spacial score (nSPS) is 11.9. The summed E-state index contributed by atoms with van der Waals surface area (Å²) in [7, 11) is 3.93. The zero-order chi connectivity index (χ0) is 25.6. The number of benzene rings is 1. The van der Waals surface area contributed by atoms with Crippen molar-refractivity contribution >= 4 is 40.4 Å². The molecule has 3 amide bonds. The van der Waals surface area contributed by atoms with Gasteiger partial charge in [-0.15, -0.1) is 11.3 Å². The number of hydrogen-bond donors (Lipinski definition) is 3. The van der Waals surface area contributed by atoms with Gasteiger partial charge >= 0.3 is 6.03 Å². The molecule has 0 aliphatic rings. The fourth-order valence-electron chi connectivity index (χ4n) is 3.06. The van der Waals surface area contributed by atoms with Gasteiger partial charge in [0.1, 0.15) is 5.71 Å². The van der Waals surface area contributed by atoms with E-state index in [1.807, 2.05) is 37.2 Å². The highest BCUT2D eigenvalue weighted by Gasteiger charge is 2.15. The molecule has 0 radical (unpaired) electrons. The molecule has 4 N–H and O–H groups in total. The number of rotatable bonds is 13. The van der Waals surface area contributed by atoms with Crippen LogP contribution in [0.1, 0.15) is 18.9 Å². The Morgan fingerprint density at radius 1 is 1.17 bits per heavy atom. The molecule has 0 saturated heterocycles. The van der Waals surface area contributed by atoms with Crippen LogP contribution in [-0.2, 0) is 11.2 Å². The van der Waals surface area contributed by atoms with Gasteiger partial charge in [-0.05, 0) is 45.0 Å². The molecule has 9 heteroatoms. The first kappa shape index (κ1) is 27.8. The van der Waals surface area contributed by atoms with Gasteiger partial charge in [0.05, 0.1) is 11.4 Å². The molecular formula is C26H36N6O2S. The lowest BCUT2D eigenvalue weighted by Crippen LogP contribution is -2.44. The summed E-state index contributed by atoms with van der Waals surface area (Å²) in [6.45, 7) is 7.65. The maximum Gasteiger partial charge on any atom is 0.317 e. The van der Waals surface area contributed by atoms with Gasteiger partial charge < -0.3 is 26.2 Å². The number of amides is 3. The monoisotopic (exact) mass is 496 g/mol. The van der Waals surface area contributed by atoms with E-state index in [1.165, 1.54) is 16.9 Å². The van der Waals surface area contributed by atoms with E-state index in [0.717, 1.165) is 18.4 Å². The molecule has 1 heterocycles. The van der Waals surface area contributed by atoms with Crippen LogP contribution in [0.4, 0.5) is 16.2 Å². The van der Waals surface area contributed by atoms with Crippen LogP contribution in [-0.4, -0.2) is 67.7 Å². The van der Waals surface area contributed by atoms with Crippen molar-refractivity contribution < 1.29 is 9.59 Å². The third-order valence-corrected chi connectivity index (χ3v) is 5.96. The van der Waals surface area contributed by atoms with Crippen LogP contribution in [0.2, 0.25) is 0 Å². The summed E-state index contributed by atoms with van der Waals surface area (Å²) in [5.41, 5.74) is 9.17. The largest absolute Gasteiger partial charge is 0.396 e. The second kappa shape index (κ2) is 14.7. The molecule has 188 valence electrons. The zero-order valence-electron chi connectivity index (χ0n) is 20.8. The van der Waals surface area contributed by atoms with E-state index in [4.69, 9.17) is 5.73 Å². The number of anilines is 2. The number of aryl methyl sites for hydroxylation is 1. The van der Waals surface area contributed by atoms with Crippen molar-refractivity contribution in [1.29, 1.82) is 0 Å². The highest BCUT2D eigenvalue weighted by molar-refractivity contribution is 7.09. The molecule has 35 heavy (non-hydrogen) atoms. The summed E-state index contributed by atoms with van der Waals surface area (Å²) in [6, 6.07) is 10.1. The zero-order valence-corrected chi connectivity index (χ0v) is 21.6. The number of carbonyl (C=O) groups is 2. The molecule has 0 aliphatic heterocycles. The number of aliphatic imine (C=N–C) groups is 1. The number of nitrogens with one attached hydrogen (secondary N) is 2. The van der Waals surface area contributed by atoms with Crippen LogP contribution in [0.25, 0.3) is 0 Å². The Morgan fingerprint density at radius 3 is 2.54 bits per heavy atom. The van der Waals surface area contributed by atoms with Gasteiger partial charge in [-0.1, -0.05) is 43.0 Å². The van der Waals surface area contributed by atoms with E-state index in [1.54, 1.807) is 34.9 Å². The second-order valence-corrected chi connectivity index (χ2v) is 9.11. The molecule has 8 nitrogen and oxygen atoms in total. The number of nitrogens with zero attached hydrogens (tertiary/aromatic N) is 3. The second-order valence-electron chi connectivity index (χ2n) is 8.36. The number of hydrogen-bond acceptors (Lipinski definition) is 6. The van der Waals surface area contributed by atoms with E-state index < -0.39 is 0 Å².